The zero-order chi connectivity index (χ0) is 13.8. The van der Waals surface area contributed by atoms with Crippen molar-refractivity contribution in [3.8, 4) is 0 Å². The molecule has 0 bridgehead atoms. The summed E-state index contributed by atoms with van der Waals surface area (Å²) in [5.41, 5.74) is 4.44. The molecule has 7 heteroatoms. The zero-order valence-electron chi connectivity index (χ0n) is 9.37. The molecular weight excluding hydrogens is 249 g/mol. The van der Waals surface area contributed by atoms with Gasteiger partial charge in [0.1, 0.15) is 0 Å². The van der Waals surface area contributed by atoms with Crippen LogP contribution in [-0.2, 0) is 11.0 Å². The molecule has 1 aromatic rings. The van der Waals surface area contributed by atoms with E-state index in [1.165, 1.54) is 12.1 Å². The van der Waals surface area contributed by atoms with Gasteiger partial charge in [-0.3, -0.25) is 4.79 Å². The maximum Gasteiger partial charge on any atom is 0.416 e. The molecule has 1 unspecified atom stereocenters. The number of aliphatic hydroxyl groups excluding tert-OH is 1. The number of nitrogens with two attached hydrogens (primary N) is 1. The lowest BCUT2D eigenvalue weighted by atomic mass is 10.1. The van der Waals surface area contributed by atoms with E-state index in [1.54, 1.807) is 0 Å². The van der Waals surface area contributed by atoms with Crippen molar-refractivity contribution in [3.63, 3.8) is 0 Å². The van der Waals surface area contributed by atoms with Crippen LogP contribution in [0.4, 0.5) is 13.2 Å². The molecule has 0 fully saturated rings. The number of alkyl halides is 3. The van der Waals surface area contributed by atoms with E-state index in [0.717, 1.165) is 12.1 Å². The Labute approximate surface area is 102 Å². The average Bonchev–Trinajstić information content (AvgIpc) is 2.27. The highest BCUT2D eigenvalue weighted by molar-refractivity contribution is 5.75. The lowest BCUT2D eigenvalue weighted by Gasteiger charge is -2.13. The Hall–Kier alpha value is -1.60. The van der Waals surface area contributed by atoms with E-state index < -0.39 is 23.8 Å². The van der Waals surface area contributed by atoms with Gasteiger partial charge in [-0.2, -0.15) is 13.2 Å². The van der Waals surface area contributed by atoms with E-state index >= 15 is 0 Å². The number of carbonyl (C=O) groups excluding carboxylic acids is 1. The highest BCUT2D eigenvalue weighted by Crippen LogP contribution is 2.29. The topological polar surface area (TPSA) is 75.4 Å². The minimum Gasteiger partial charge on any atom is -0.387 e. The SMILES string of the molecule is NC(=O)CNCC(O)c1ccc(C(F)(F)F)cc1. The van der Waals surface area contributed by atoms with Crippen LogP contribution < -0.4 is 11.1 Å². The maximum absolute atomic E-state index is 12.3. The van der Waals surface area contributed by atoms with Crippen molar-refractivity contribution in [1.29, 1.82) is 0 Å². The molecule has 100 valence electrons. The molecule has 1 amide bonds. The number of primary amides is 1. The summed E-state index contributed by atoms with van der Waals surface area (Å²) < 4.78 is 36.9. The number of rotatable bonds is 5. The summed E-state index contributed by atoms with van der Waals surface area (Å²) >= 11 is 0. The minimum absolute atomic E-state index is 0.0360. The van der Waals surface area contributed by atoms with Crippen molar-refractivity contribution in [2.24, 2.45) is 5.73 Å². The van der Waals surface area contributed by atoms with Gasteiger partial charge in [-0.1, -0.05) is 12.1 Å². The Morgan fingerprint density at radius 1 is 1.33 bits per heavy atom. The van der Waals surface area contributed by atoms with Crippen molar-refractivity contribution < 1.29 is 23.1 Å². The van der Waals surface area contributed by atoms with Crippen LogP contribution in [0.1, 0.15) is 17.2 Å². The monoisotopic (exact) mass is 262 g/mol. The van der Waals surface area contributed by atoms with E-state index in [0.29, 0.717) is 5.56 Å². The molecule has 0 saturated carbocycles. The third-order valence-electron chi connectivity index (χ3n) is 2.26. The Morgan fingerprint density at radius 2 is 1.89 bits per heavy atom. The van der Waals surface area contributed by atoms with Crippen LogP contribution in [0.2, 0.25) is 0 Å². The maximum atomic E-state index is 12.3. The van der Waals surface area contributed by atoms with Crippen LogP contribution in [0.3, 0.4) is 0 Å². The fourth-order valence-corrected chi connectivity index (χ4v) is 1.34. The summed E-state index contributed by atoms with van der Waals surface area (Å²) in [7, 11) is 0. The fraction of sp³-hybridized carbons (Fsp3) is 0.364. The van der Waals surface area contributed by atoms with Gasteiger partial charge >= 0.3 is 6.18 Å². The van der Waals surface area contributed by atoms with E-state index in [2.05, 4.69) is 5.32 Å². The van der Waals surface area contributed by atoms with Gasteiger partial charge in [0.15, 0.2) is 0 Å². The van der Waals surface area contributed by atoms with Crippen molar-refractivity contribution >= 4 is 5.91 Å². The first kappa shape index (κ1) is 14.5. The molecule has 1 rings (SSSR count). The normalized spacial score (nSPS) is 13.3. The van der Waals surface area contributed by atoms with Crippen LogP contribution in [0.25, 0.3) is 0 Å². The van der Waals surface area contributed by atoms with Gasteiger partial charge in [0, 0.05) is 6.54 Å². The Balaban J connectivity index is 2.59. The van der Waals surface area contributed by atoms with E-state index in [1.807, 2.05) is 0 Å². The fourth-order valence-electron chi connectivity index (χ4n) is 1.34. The van der Waals surface area contributed by atoms with Crippen molar-refractivity contribution in [2.45, 2.75) is 12.3 Å². The highest BCUT2D eigenvalue weighted by atomic mass is 19.4. The second kappa shape index (κ2) is 5.83. The number of aliphatic hydroxyl groups is 1. The van der Waals surface area contributed by atoms with Gasteiger partial charge in [0.2, 0.25) is 5.91 Å². The summed E-state index contributed by atoms with van der Waals surface area (Å²) in [4.78, 5) is 10.4. The average molecular weight is 262 g/mol. The quantitative estimate of drug-likeness (QED) is 0.735. The van der Waals surface area contributed by atoms with Crippen LogP contribution in [0, 0.1) is 0 Å². The molecule has 18 heavy (non-hydrogen) atoms. The Morgan fingerprint density at radius 3 is 2.33 bits per heavy atom. The molecular formula is C11H13F3N2O2. The van der Waals surface area contributed by atoms with Gasteiger partial charge < -0.3 is 16.2 Å². The van der Waals surface area contributed by atoms with Gasteiger partial charge in [-0.15, -0.1) is 0 Å². The molecule has 0 aliphatic carbocycles. The predicted molar refractivity (Wildman–Crippen MR) is 58.5 cm³/mol. The van der Waals surface area contributed by atoms with Crippen LogP contribution in [0.15, 0.2) is 24.3 Å². The van der Waals surface area contributed by atoms with E-state index in [9.17, 15) is 23.1 Å². The second-order valence-corrected chi connectivity index (χ2v) is 3.73. The largest absolute Gasteiger partial charge is 0.416 e. The third kappa shape index (κ3) is 4.34. The summed E-state index contributed by atoms with van der Waals surface area (Å²) in [6.07, 6.45) is -5.39. The van der Waals surface area contributed by atoms with Crippen molar-refractivity contribution in [1.82, 2.24) is 5.32 Å². The van der Waals surface area contributed by atoms with E-state index in [4.69, 9.17) is 5.73 Å². The second-order valence-electron chi connectivity index (χ2n) is 3.73. The molecule has 0 radical (unpaired) electrons. The molecule has 0 aromatic heterocycles. The Kier molecular flexibility index (Phi) is 4.69. The molecule has 4 N–H and O–H groups in total. The van der Waals surface area contributed by atoms with Gasteiger partial charge in [0.25, 0.3) is 0 Å². The Bertz CT molecular complexity index is 404. The summed E-state index contributed by atoms with van der Waals surface area (Å²) in [5, 5.41) is 12.2. The minimum atomic E-state index is -4.40. The summed E-state index contributed by atoms with van der Waals surface area (Å²) in [6, 6.07) is 4.18. The highest BCUT2D eigenvalue weighted by Gasteiger charge is 2.30. The smallest absolute Gasteiger partial charge is 0.387 e. The van der Waals surface area contributed by atoms with Gasteiger partial charge in [-0.05, 0) is 17.7 Å². The third-order valence-corrected chi connectivity index (χ3v) is 2.26. The van der Waals surface area contributed by atoms with E-state index in [-0.39, 0.29) is 13.1 Å². The van der Waals surface area contributed by atoms with Crippen molar-refractivity contribution in [2.75, 3.05) is 13.1 Å². The molecule has 1 atom stereocenters. The molecule has 0 heterocycles. The number of carbonyl (C=O) groups is 1. The number of hydrogen-bond acceptors (Lipinski definition) is 3. The molecule has 0 spiro atoms. The molecule has 1 aromatic carbocycles. The van der Waals surface area contributed by atoms with Crippen molar-refractivity contribution in [3.05, 3.63) is 35.4 Å². The summed E-state index contributed by atoms with van der Waals surface area (Å²) in [6.45, 7) is -0.0635. The molecule has 0 aliphatic rings. The van der Waals surface area contributed by atoms with Crippen LogP contribution in [-0.4, -0.2) is 24.1 Å². The van der Waals surface area contributed by atoms with Gasteiger partial charge in [-0.25, -0.2) is 0 Å². The molecule has 0 saturated heterocycles. The zero-order valence-corrected chi connectivity index (χ0v) is 9.37. The van der Waals surface area contributed by atoms with Gasteiger partial charge in [0.05, 0.1) is 18.2 Å². The first-order chi connectivity index (χ1) is 8.30. The first-order valence-electron chi connectivity index (χ1n) is 5.15. The number of hydrogen-bond donors (Lipinski definition) is 3. The number of benzene rings is 1. The number of nitrogens with one attached hydrogen (secondary N) is 1. The lowest BCUT2D eigenvalue weighted by Crippen LogP contribution is -2.31. The summed E-state index contributed by atoms with van der Waals surface area (Å²) in [5.74, 6) is -0.574. The first-order valence-corrected chi connectivity index (χ1v) is 5.15. The molecule has 4 nitrogen and oxygen atoms in total. The van der Waals surface area contributed by atoms with Crippen LogP contribution >= 0.6 is 0 Å². The van der Waals surface area contributed by atoms with Crippen LogP contribution in [0.5, 0.6) is 0 Å². The number of amides is 1. The number of halogens is 3. The lowest BCUT2D eigenvalue weighted by molar-refractivity contribution is -0.137. The predicted octanol–water partition coefficient (Wildman–Crippen LogP) is 0.814. The molecule has 0 aliphatic heterocycles. The standard InChI is InChI=1S/C11H13F3N2O2/c12-11(13,14)8-3-1-7(2-4-8)9(17)5-16-6-10(15)18/h1-4,9,16-17H,5-6H2,(H2,15,18).